The summed E-state index contributed by atoms with van der Waals surface area (Å²) in [6, 6.07) is 8.66. The van der Waals surface area contributed by atoms with Gasteiger partial charge in [0.15, 0.2) is 23.0 Å². The second kappa shape index (κ2) is 8.68. The number of nitrogens with zero attached hydrogens (tertiary/aromatic N) is 1. The molecule has 160 valence electrons. The fraction of sp³-hybridized carbons (Fsp3) is 0.435. The van der Waals surface area contributed by atoms with Crippen molar-refractivity contribution < 1.29 is 17.6 Å². The molecular weight excluding hydrogens is 393 g/mol. The quantitative estimate of drug-likeness (QED) is 0.565. The van der Waals surface area contributed by atoms with Crippen LogP contribution < -0.4 is 5.76 Å². The Morgan fingerprint density at radius 3 is 2.60 bits per heavy atom. The van der Waals surface area contributed by atoms with Crippen molar-refractivity contribution in [2.24, 2.45) is 0 Å². The minimum absolute atomic E-state index is 0.220. The number of fused-ring (bicyclic) bond motifs is 1. The number of aromatic nitrogens is 1. The summed E-state index contributed by atoms with van der Waals surface area (Å²) in [5.41, 5.74) is 2.73. The third kappa shape index (κ3) is 4.31. The third-order valence-electron chi connectivity index (χ3n) is 6.31. The zero-order valence-corrected chi connectivity index (χ0v) is 16.9. The Morgan fingerprint density at radius 2 is 1.83 bits per heavy atom. The van der Waals surface area contributed by atoms with E-state index in [1.54, 1.807) is 0 Å². The molecule has 0 amide bonds. The molecule has 1 saturated carbocycles. The fourth-order valence-electron chi connectivity index (χ4n) is 4.53. The molecule has 1 aromatic heterocycles. The van der Waals surface area contributed by atoms with Gasteiger partial charge in [-0.3, -0.25) is 4.98 Å². The van der Waals surface area contributed by atoms with E-state index in [-0.39, 0.29) is 5.56 Å². The van der Waals surface area contributed by atoms with Gasteiger partial charge in [0.05, 0.1) is 5.52 Å². The number of aromatic amines is 1. The van der Waals surface area contributed by atoms with Crippen LogP contribution in [0.4, 0.5) is 13.2 Å². The molecule has 0 bridgehead atoms. The van der Waals surface area contributed by atoms with Gasteiger partial charge >= 0.3 is 5.76 Å². The van der Waals surface area contributed by atoms with Crippen molar-refractivity contribution in [1.29, 1.82) is 0 Å². The fourth-order valence-corrected chi connectivity index (χ4v) is 4.53. The Morgan fingerprint density at radius 1 is 1.07 bits per heavy atom. The summed E-state index contributed by atoms with van der Waals surface area (Å²) in [5.74, 6) is -3.61. The lowest BCUT2D eigenvalue weighted by molar-refractivity contribution is 0.180. The lowest BCUT2D eigenvalue weighted by Crippen LogP contribution is -2.35. The molecule has 2 aromatic carbocycles. The summed E-state index contributed by atoms with van der Waals surface area (Å²) in [5, 5.41) is 0. The average Bonchev–Trinajstić information content (AvgIpc) is 3.13. The smallest absolute Gasteiger partial charge is 0.408 e. The van der Waals surface area contributed by atoms with Crippen LogP contribution in [0.2, 0.25) is 0 Å². The monoisotopic (exact) mass is 418 g/mol. The van der Waals surface area contributed by atoms with Crippen LogP contribution in [0.15, 0.2) is 39.5 Å². The molecular formula is C23H25F3N2O2. The van der Waals surface area contributed by atoms with Crippen molar-refractivity contribution in [3.8, 4) is 0 Å². The largest absolute Gasteiger partial charge is 0.417 e. The first kappa shape index (κ1) is 20.7. The van der Waals surface area contributed by atoms with Gasteiger partial charge in [0.1, 0.15) is 0 Å². The number of nitrogens with one attached hydrogen (secondary N) is 1. The first-order valence-electron chi connectivity index (χ1n) is 10.4. The number of hydrogen-bond acceptors (Lipinski definition) is 3. The molecule has 7 heteroatoms. The molecule has 0 atom stereocenters. The van der Waals surface area contributed by atoms with Crippen LogP contribution in [0, 0.1) is 17.5 Å². The van der Waals surface area contributed by atoms with E-state index >= 15 is 0 Å². The molecule has 1 aliphatic rings. The lowest BCUT2D eigenvalue weighted by atomic mass is 9.81. The van der Waals surface area contributed by atoms with Crippen LogP contribution in [-0.2, 0) is 6.42 Å². The summed E-state index contributed by atoms with van der Waals surface area (Å²) in [7, 11) is 2.06. The van der Waals surface area contributed by atoms with E-state index in [1.165, 1.54) is 11.6 Å². The topological polar surface area (TPSA) is 49.2 Å². The zero-order chi connectivity index (χ0) is 21.3. The Balaban J connectivity index is 1.28. The van der Waals surface area contributed by atoms with Crippen LogP contribution in [-0.4, -0.2) is 29.5 Å². The van der Waals surface area contributed by atoms with E-state index in [0.717, 1.165) is 43.8 Å². The van der Waals surface area contributed by atoms with Crippen molar-refractivity contribution in [3.63, 3.8) is 0 Å². The van der Waals surface area contributed by atoms with Crippen LogP contribution >= 0.6 is 0 Å². The molecule has 4 rings (SSSR count). The standard InChI is InChI=1S/C23H25F3N2O2/c1-28(12-2-3-15-6-10-18(24)22(26)21(15)25)17-8-4-14(5-9-17)16-7-11-19-20(13-16)30-23(29)27-19/h6-7,10-11,13-14,17H,2-5,8-9,12H2,1H3,(H,27,29)/t14-,17-. The predicted molar refractivity (Wildman–Crippen MR) is 109 cm³/mol. The number of hydrogen-bond donors (Lipinski definition) is 1. The third-order valence-corrected chi connectivity index (χ3v) is 6.31. The highest BCUT2D eigenvalue weighted by Crippen LogP contribution is 2.35. The highest BCUT2D eigenvalue weighted by molar-refractivity contribution is 5.72. The average molecular weight is 418 g/mol. The van der Waals surface area contributed by atoms with E-state index in [9.17, 15) is 18.0 Å². The summed E-state index contributed by atoms with van der Waals surface area (Å²) < 4.78 is 45.4. The van der Waals surface area contributed by atoms with Crippen LogP contribution in [0.25, 0.3) is 11.1 Å². The van der Waals surface area contributed by atoms with Gasteiger partial charge in [-0.05, 0) is 87.4 Å². The van der Waals surface area contributed by atoms with E-state index in [4.69, 9.17) is 4.42 Å². The second-order valence-electron chi connectivity index (χ2n) is 8.19. The number of benzene rings is 2. The number of halogens is 3. The molecule has 30 heavy (non-hydrogen) atoms. The Bertz CT molecular complexity index is 1080. The number of aryl methyl sites for hydroxylation is 1. The molecule has 1 fully saturated rings. The number of rotatable bonds is 6. The summed E-state index contributed by atoms with van der Waals surface area (Å²) in [4.78, 5) is 16.3. The maximum Gasteiger partial charge on any atom is 0.417 e. The summed E-state index contributed by atoms with van der Waals surface area (Å²) in [6.07, 6.45) is 5.26. The summed E-state index contributed by atoms with van der Waals surface area (Å²) in [6.45, 7) is 0.772. The molecule has 1 aliphatic carbocycles. The normalized spacial score (nSPS) is 19.6. The SMILES string of the molecule is CN(CCCc1ccc(F)c(F)c1F)[C@H]1CC[C@H](c2ccc3[nH]c(=O)oc3c2)CC1. The first-order chi connectivity index (χ1) is 14.4. The van der Waals surface area contributed by atoms with Crippen molar-refractivity contribution in [2.75, 3.05) is 13.6 Å². The van der Waals surface area contributed by atoms with Gasteiger partial charge in [-0.25, -0.2) is 18.0 Å². The molecule has 0 aliphatic heterocycles. The molecule has 0 radical (unpaired) electrons. The van der Waals surface area contributed by atoms with Gasteiger partial charge in [0, 0.05) is 6.04 Å². The van der Waals surface area contributed by atoms with E-state index in [2.05, 4.69) is 23.0 Å². The molecule has 0 unspecified atom stereocenters. The lowest BCUT2D eigenvalue weighted by Gasteiger charge is -2.35. The van der Waals surface area contributed by atoms with Gasteiger partial charge in [-0.2, -0.15) is 0 Å². The minimum Gasteiger partial charge on any atom is -0.408 e. The van der Waals surface area contributed by atoms with Crippen LogP contribution in [0.1, 0.15) is 49.1 Å². The Hall–Kier alpha value is -2.54. The Labute approximate surface area is 172 Å². The summed E-state index contributed by atoms with van der Waals surface area (Å²) >= 11 is 0. The molecule has 1 heterocycles. The van der Waals surface area contributed by atoms with Gasteiger partial charge in [0.2, 0.25) is 0 Å². The molecule has 4 nitrogen and oxygen atoms in total. The van der Waals surface area contributed by atoms with Crippen molar-refractivity contribution >= 4 is 11.1 Å². The van der Waals surface area contributed by atoms with Gasteiger partial charge < -0.3 is 9.32 Å². The molecule has 0 spiro atoms. The maximum atomic E-state index is 13.8. The molecule has 1 N–H and O–H groups in total. The van der Waals surface area contributed by atoms with Crippen molar-refractivity contribution in [1.82, 2.24) is 9.88 Å². The Kier molecular flexibility index (Phi) is 5.99. The minimum atomic E-state index is -1.39. The van der Waals surface area contributed by atoms with E-state index in [0.29, 0.717) is 30.4 Å². The van der Waals surface area contributed by atoms with E-state index in [1.807, 2.05) is 12.1 Å². The molecule has 3 aromatic rings. The van der Waals surface area contributed by atoms with Crippen LogP contribution in [0.3, 0.4) is 0 Å². The van der Waals surface area contributed by atoms with Gasteiger partial charge in [0.25, 0.3) is 0 Å². The van der Waals surface area contributed by atoms with Crippen molar-refractivity contribution in [3.05, 3.63) is 69.5 Å². The van der Waals surface area contributed by atoms with E-state index < -0.39 is 23.2 Å². The van der Waals surface area contributed by atoms with Crippen molar-refractivity contribution in [2.45, 2.75) is 50.5 Å². The highest BCUT2D eigenvalue weighted by Gasteiger charge is 2.25. The van der Waals surface area contributed by atoms with Gasteiger partial charge in [-0.1, -0.05) is 12.1 Å². The maximum absolute atomic E-state index is 13.8. The number of oxazole rings is 1. The van der Waals surface area contributed by atoms with Crippen LogP contribution in [0.5, 0.6) is 0 Å². The first-order valence-corrected chi connectivity index (χ1v) is 10.4. The zero-order valence-electron chi connectivity index (χ0n) is 16.9. The number of H-pyrrole nitrogens is 1. The second-order valence-corrected chi connectivity index (χ2v) is 8.19. The predicted octanol–water partition coefficient (Wildman–Crippen LogP) is 5.13. The molecule has 0 saturated heterocycles. The highest BCUT2D eigenvalue weighted by atomic mass is 19.2. The van der Waals surface area contributed by atoms with Gasteiger partial charge in [-0.15, -0.1) is 0 Å².